The molecule has 1 heterocycles. The molecule has 0 aliphatic heterocycles. The Hall–Kier alpha value is -1.04. The Labute approximate surface area is 118 Å². The molecule has 1 aromatic rings. The number of carbonyl (C=O) groups is 1. The van der Waals surface area contributed by atoms with E-state index in [9.17, 15) is 4.79 Å². The van der Waals surface area contributed by atoms with Gasteiger partial charge in [0.25, 0.3) is 5.91 Å². The van der Waals surface area contributed by atoms with Gasteiger partial charge in [0, 0.05) is 17.2 Å². The summed E-state index contributed by atoms with van der Waals surface area (Å²) in [5, 5.41) is 10.4. The molecule has 1 fully saturated rings. The van der Waals surface area contributed by atoms with Gasteiger partial charge in [-0.15, -0.1) is 5.10 Å². The zero-order valence-corrected chi connectivity index (χ0v) is 12.6. The number of hydrogen-bond acceptors (Lipinski definition) is 4. The van der Waals surface area contributed by atoms with Crippen LogP contribution in [0, 0.1) is 0 Å². The van der Waals surface area contributed by atoms with Gasteiger partial charge in [-0.05, 0) is 18.6 Å². The van der Waals surface area contributed by atoms with E-state index in [4.69, 9.17) is 0 Å². The quantitative estimate of drug-likeness (QED) is 0.869. The summed E-state index contributed by atoms with van der Waals surface area (Å²) < 4.78 is 0. The molecule has 1 aliphatic rings. The van der Waals surface area contributed by atoms with Crippen molar-refractivity contribution in [2.24, 2.45) is 0 Å². The third-order valence-electron chi connectivity index (χ3n) is 3.40. The number of aromatic nitrogens is 3. The predicted octanol–water partition coefficient (Wildman–Crippen LogP) is 2.33. The zero-order chi connectivity index (χ0) is 13.8. The molecule has 106 valence electrons. The number of nitrogens with one attached hydrogen (secondary N) is 2. The van der Waals surface area contributed by atoms with E-state index in [2.05, 4.69) is 27.4 Å². The van der Waals surface area contributed by atoms with Gasteiger partial charge in [-0.25, -0.2) is 4.98 Å². The molecule has 1 aliphatic carbocycles. The van der Waals surface area contributed by atoms with Gasteiger partial charge in [-0.1, -0.05) is 27.2 Å². The number of thioether (sulfide) groups is 1. The standard InChI is InChI=1S/C13H22N4OS/c1-4-19-10-7-5-6-9(10)14-13(18)12-15-11(8(2)3)16-17-12/h8-10H,4-7H2,1-3H3,(H,14,18)(H,15,16,17). The molecule has 2 rings (SSSR count). The van der Waals surface area contributed by atoms with Crippen LogP contribution in [0.25, 0.3) is 0 Å². The molecule has 2 unspecified atom stereocenters. The minimum Gasteiger partial charge on any atom is -0.345 e. The highest BCUT2D eigenvalue weighted by Crippen LogP contribution is 2.29. The molecule has 0 bridgehead atoms. The Balaban J connectivity index is 1.96. The molecule has 2 atom stereocenters. The highest BCUT2D eigenvalue weighted by Gasteiger charge is 2.29. The van der Waals surface area contributed by atoms with Crippen LogP contribution in [0.3, 0.4) is 0 Å². The topological polar surface area (TPSA) is 70.7 Å². The highest BCUT2D eigenvalue weighted by molar-refractivity contribution is 7.99. The summed E-state index contributed by atoms with van der Waals surface area (Å²) >= 11 is 1.93. The maximum absolute atomic E-state index is 12.1. The summed E-state index contributed by atoms with van der Waals surface area (Å²) in [6.07, 6.45) is 3.44. The lowest BCUT2D eigenvalue weighted by molar-refractivity contribution is 0.0928. The third-order valence-corrected chi connectivity index (χ3v) is 4.73. The van der Waals surface area contributed by atoms with Crippen molar-refractivity contribution in [2.75, 3.05) is 5.75 Å². The van der Waals surface area contributed by atoms with Crippen LogP contribution in [0.1, 0.15) is 62.4 Å². The van der Waals surface area contributed by atoms with Gasteiger partial charge in [0.05, 0.1) is 0 Å². The summed E-state index contributed by atoms with van der Waals surface area (Å²) in [7, 11) is 0. The maximum Gasteiger partial charge on any atom is 0.291 e. The van der Waals surface area contributed by atoms with Crippen LogP contribution >= 0.6 is 11.8 Å². The maximum atomic E-state index is 12.1. The number of rotatable bonds is 5. The first kappa shape index (κ1) is 14.4. The molecule has 6 heteroatoms. The summed E-state index contributed by atoms with van der Waals surface area (Å²) in [6, 6.07) is 0.262. The van der Waals surface area contributed by atoms with Crippen LogP contribution in [0.5, 0.6) is 0 Å². The van der Waals surface area contributed by atoms with Gasteiger partial charge in [-0.3, -0.25) is 9.89 Å². The normalized spacial score (nSPS) is 22.9. The Morgan fingerprint density at radius 2 is 2.32 bits per heavy atom. The lowest BCUT2D eigenvalue weighted by Crippen LogP contribution is -2.39. The molecule has 19 heavy (non-hydrogen) atoms. The van der Waals surface area contributed by atoms with Gasteiger partial charge in [-0.2, -0.15) is 11.8 Å². The second-order valence-electron chi connectivity index (χ2n) is 5.20. The fraction of sp³-hybridized carbons (Fsp3) is 0.769. The molecule has 2 N–H and O–H groups in total. The number of hydrogen-bond donors (Lipinski definition) is 2. The molecule has 1 amide bonds. The molecule has 1 saturated carbocycles. The lowest BCUT2D eigenvalue weighted by atomic mass is 10.2. The summed E-state index contributed by atoms with van der Waals surface area (Å²) in [5.41, 5.74) is 0. The van der Waals surface area contributed by atoms with Gasteiger partial charge < -0.3 is 5.32 Å². The molecule has 5 nitrogen and oxygen atoms in total. The number of carbonyl (C=O) groups excluding carboxylic acids is 1. The van der Waals surface area contributed by atoms with E-state index in [1.165, 1.54) is 12.8 Å². The van der Waals surface area contributed by atoms with E-state index >= 15 is 0 Å². The van der Waals surface area contributed by atoms with E-state index in [-0.39, 0.29) is 23.7 Å². The predicted molar refractivity (Wildman–Crippen MR) is 77.5 cm³/mol. The average Bonchev–Trinajstić information content (AvgIpc) is 2.99. The van der Waals surface area contributed by atoms with E-state index in [1.54, 1.807) is 0 Å². The SMILES string of the molecule is CCSC1CCCC1NC(=O)c1n[nH]c(C(C)C)n1. The highest BCUT2D eigenvalue weighted by atomic mass is 32.2. The van der Waals surface area contributed by atoms with Crippen molar-refractivity contribution >= 4 is 17.7 Å². The first-order chi connectivity index (χ1) is 9.11. The van der Waals surface area contributed by atoms with Crippen LogP contribution < -0.4 is 5.32 Å². The summed E-state index contributed by atoms with van der Waals surface area (Å²) in [4.78, 5) is 16.4. The van der Waals surface area contributed by atoms with Gasteiger partial charge in [0.15, 0.2) is 0 Å². The fourth-order valence-electron chi connectivity index (χ4n) is 2.37. The molecular formula is C13H22N4OS. The van der Waals surface area contributed by atoms with Crippen molar-refractivity contribution < 1.29 is 4.79 Å². The average molecular weight is 282 g/mol. The zero-order valence-electron chi connectivity index (χ0n) is 11.8. The monoisotopic (exact) mass is 282 g/mol. The van der Waals surface area contributed by atoms with Crippen molar-refractivity contribution in [1.82, 2.24) is 20.5 Å². The second-order valence-corrected chi connectivity index (χ2v) is 6.72. The van der Waals surface area contributed by atoms with Crippen LogP contribution in [-0.4, -0.2) is 38.1 Å². The van der Waals surface area contributed by atoms with E-state index in [0.717, 1.165) is 18.0 Å². The largest absolute Gasteiger partial charge is 0.345 e. The lowest BCUT2D eigenvalue weighted by Gasteiger charge is -2.19. The molecule has 0 saturated heterocycles. The summed E-state index contributed by atoms with van der Waals surface area (Å²) in [5.74, 6) is 2.21. The van der Waals surface area contributed by atoms with Crippen molar-refractivity contribution in [3.63, 3.8) is 0 Å². The Morgan fingerprint density at radius 3 is 2.95 bits per heavy atom. The van der Waals surface area contributed by atoms with Crippen molar-refractivity contribution in [2.45, 2.75) is 57.2 Å². The van der Waals surface area contributed by atoms with E-state index < -0.39 is 0 Å². The smallest absolute Gasteiger partial charge is 0.291 e. The molecule has 0 spiro atoms. The van der Waals surface area contributed by atoms with Crippen LogP contribution in [-0.2, 0) is 0 Å². The van der Waals surface area contributed by atoms with Gasteiger partial charge >= 0.3 is 0 Å². The summed E-state index contributed by atoms with van der Waals surface area (Å²) in [6.45, 7) is 6.20. The molecule has 1 aromatic heterocycles. The second kappa shape index (κ2) is 6.41. The van der Waals surface area contributed by atoms with Crippen molar-refractivity contribution in [1.29, 1.82) is 0 Å². The first-order valence-electron chi connectivity index (χ1n) is 6.96. The van der Waals surface area contributed by atoms with Gasteiger partial charge in [0.2, 0.25) is 5.82 Å². The number of amides is 1. The van der Waals surface area contributed by atoms with Gasteiger partial charge in [0.1, 0.15) is 5.82 Å². The minimum atomic E-state index is -0.156. The van der Waals surface area contributed by atoms with Crippen molar-refractivity contribution in [3.05, 3.63) is 11.6 Å². The number of aromatic amines is 1. The van der Waals surface area contributed by atoms with Crippen LogP contribution in [0.15, 0.2) is 0 Å². The van der Waals surface area contributed by atoms with E-state index in [1.807, 2.05) is 25.6 Å². The number of H-pyrrole nitrogens is 1. The Morgan fingerprint density at radius 1 is 1.53 bits per heavy atom. The minimum absolute atomic E-state index is 0.156. The molecular weight excluding hydrogens is 260 g/mol. The Kier molecular flexibility index (Phi) is 4.85. The molecule has 0 aromatic carbocycles. The first-order valence-corrected chi connectivity index (χ1v) is 8.01. The number of nitrogens with zero attached hydrogens (tertiary/aromatic N) is 2. The van der Waals surface area contributed by atoms with E-state index in [0.29, 0.717) is 5.25 Å². The fourth-order valence-corrected chi connectivity index (χ4v) is 3.57. The van der Waals surface area contributed by atoms with Crippen LogP contribution in [0.2, 0.25) is 0 Å². The molecule has 0 radical (unpaired) electrons. The Bertz CT molecular complexity index is 432. The van der Waals surface area contributed by atoms with Crippen molar-refractivity contribution in [3.8, 4) is 0 Å². The van der Waals surface area contributed by atoms with Crippen LogP contribution in [0.4, 0.5) is 0 Å². The third kappa shape index (κ3) is 3.49.